The van der Waals surface area contributed by atoms with Crippen molar-refractivity contribution in [1.29, 1.82) is 0 Å². The van der Waals surface area contributed by atoms with E-state index in [0.717, 1.165) is 11.1 Å². The Balaban J connectivity index is 0.00000137. The van der Waals surface area contributed by atoms with Crippen LogP contribution in [0.25, 0.3) is 0 Å². The molecule has 0 heterocycles. The van der Waals surface area contributed by atoms with E-state index in [9.17, 15) is 9.90 Å². The van der Waals surface area contributed by atoms with E-state index in [1.165, 1.54) is 0 Å². The van der Waals surface area contributed by atoms with Crippen LogP contribution in [0.15, 0.2) is 24.3 Å². The summed E-state index contributed by atoms with van der Waals surface area (Å²) in [5.41, 5.74) is 0.941. The van der Waals surface area contributed by atoms with Crippen molar-refractivity contribution in [3.63, 3.8) is 0 Å². The number of benzene rings is 1. The molecule has 2 N–H and O–H groups in total. The quantitative estimate of drug-likeness (QED) is 0.846. The van der Waals surface area contributed by atoms with Gasteiger partial charge < -0.3 is 10.2 Å². The van der Waals surface area contributed by atoms with Crippen molar-refractivity contribution in [2.75, 3.05) is 6.61 Å². The zero-order chi connectivity index (χ0) is 14.2. The second-order valence-electron chi connectivity index (χ2n) is 4.33. The fourth-order valence-electron chi connectivity index (χ4n) is 1.80. The van der Waals surface area contributed by atoms with Crippen LogP contribution in [0, 0.1) is 6.92 Å². The van der Waals surface area contributed by atoms with E-state index in [0.29, 0.717) is 12.8 Å². The van der Waals surface area contributed by atoms with Crippen LogP contribution in [-0.2, 0) is 10.2 Å². The van der Waals surface area contributed by atoms with Crippen molar-refractivity contribution in [2.24, 2.45) is 0 Å². The van der Waals surface area contributed by atoms with Crippen LogP contribution in [0.5, 0.6) is 0 Å². The highest BCUT2D eigenvalue weighted by Crippen LogP contribution is 2.29. The van der Waals surface area contributed by atoms with Crippen molar-refractivity contribution in [3.05, 3.63) is 35.4 Å². The number of hydrogen-bond acceptors (Lipinski definition) is 2. The van der Waals surface area contributed by atoms with E-state index < -0.39 is 11.4 Å². The van der Waals surface area contributed by atoms with Crippen molar-refractivity contribution in [1.82, 2.24) is 0 Å². The number of carboxylic acids is 1. The molecule has 0 fully saturated rings. The summed E-state index contributed by atoms with van der Waals surface area (Å²) in [6.07, 6.45) is 0.943. The van der Waals surface area contributed by atoms with Crippen LogP contribution < -0.4 is 0 Å². The minimum Gasteiger partial charge on any atom is -0.481 e. The van der Waals surface area contributed by atoms with Gasteiger partial charge in [0, 0.05) is 6.61 Å². The van der Waals surface area contributed by atoms with Gasteiger partial charge in [0.2, 0.25) is 0 Å². The van der Waals surface area contributed by atoms with Gasteiger partial charge in [-0.2, -0.15) is 0 Å². The second-order valence-corrected chi connectivity index (χ2v) is 4.33. The monoisotopic (exact) mass is 252 g/mol. The van der Waals surface area contributed by atoms with Gasteiger partial charge in [-0.1, -0.05) is 43.7 Å². The molecule has 0 saturated carbocycles. The Bertz CT molecular complexity index is 374. The van der Waals surface area contributed by atoms with Crippen molar-refractivity contribution < 1.29 is 15.0 Å². The van der Waals surface area contributed by atoms with E-state index in [4.69, 9.17) is 5.11 Å². The summed E-state index contributed by atoms with van der Waals surface area (Å²) >= 11 is 0. The molecule has 1 unspecified atom stereocenters. The first-order valence-corrected chi connectivity index (χ1v) is 6.42. The van der Waals surface area contributed by atoms with Crippen LogP contribution in [0.3, 0.4) is 0 Å². The fourth-order valence-corrected chi connectivity index (χ4v) is 1.80. The molecule has 0 bridgehead atoms. The summed E-state index contributed by atoms with van der Waals surface area (Å²) < 4.78 is 0. The van der Waals surface area contributed by atoms with Gasteiger partial charge in [0.1, 0.15) is 0 Å². The van der Waals surface area contributed by atoms with Crippen LogP contribution in [0.4, 0.5) is 0 Å². The van der Waals surface area contributed by atoms with E-state index in [-0.39, 0.29) is 6.61 Å². The summed E-state index contributed by atoms with van der Waals surface area (Å²) in [6, 6.07) is 7.53. The lowest BCUT2D eigenvalue weighted by Gasteiger charge is -2.25. The molecule has 1 aromatic carbocycles. The summed E-state index contributed by atoms with van der Waals surface area (Å²) in [4.78, 5) is 11.4. The van der Waals surface area contributed by atoms with Gasteiger partial charge in [-0.25, -0.2) is 0 Å². The van der Waals surface area contributed by atoms with Crippen molar-refractivity contribution in [3.8, 4) is 0 Å². The number of aliphatic hydroxyl groups is 1. The molecule has 3 heteroatoms. The number of carbonyl (C=O) groups is 1. The van der Waals surface area contributed by atoms with Gasteiger partial charge >= 0.3 is 5.97 Å². The molecule has 0 aromatic heterocycles. The number of hydrogen-bond donors (Lipinski definition) is 2. The predicted octanol–water partition coefficient (Wildman–Crippen LogP) is 3.14. The van der Waals surface area contributed by atoms with Crippen molar-refractivity contribution in [2.45, 2.75) is 46.0 Å². The Morgan fingerprint density at radius 2 is 1.94 bits per heavy atom. The standard InChI is InChI=1S/C13H18O3.C2H6/c1-10-5-3-6-11(9-10)13(2,12(15)16)7-4-8-14;1-2/h3,5-6,9,14H,4,7-8H2,1-2H3,(H,15,16);1-2H3. The van der Waals surface area contributed by atoms with E-state index in [2.05, 4.69) is 0 Å². The number of aliphatic hydroxyl groups excluding tert-OH is 1. The van der Waals surface area contributed by atoms with Crippen LogP contribution in [0.2, 0.25) is 0 Å². The van der Waals surface area contributed by atoms with E-state index >= 15 is 0 Å². The average Bonchev–Trinajstić information content (AvgIpc) is 2.38. The third-order valence-electron chi connectivity index (χ3n) is 2.96. The number of carboxylic acid groups (broad SMARTS) is 1. The Morgan fingerprint density at radius 1 is 1.33 bits per heavy atom. The van der Waals surface area contributed by atoms with Gasteiger partial charge in [-0.05, 0) is 32.3 Å². The zero-order valence-electron chi connectivity index (χ0n) is 11.7. The first-order chi connectivity index (χ1) is 8.50. The van der Waals surface area contributed by atoms with E-state index in [1.54, 1.807) is 6.92 Å². The predicted molar refractivity (Wildman–Crippen MR) is 73.8 cm³/mol. The maximum Gasteiger partial charge on any atom is 0.313 e. The Kier molecular flexibility index (Phi) is 7.29. The Hall–Kier alpha value is -1.35. The molecule has 0 amide bonds. The summed E-state index contributed by atoms with van der Waals surface area (Å²) in [6.45, 7) is 7.67. The van der Waals surface area contributed by atoms with Crippen LogP contribution >= 0.6 is 0 Å². The molecule has 0 aliphatic rings. The van der Waals surface area contributed by atoms with Crippen LogP contribution in [-0.4, -0.2) is 22.8 Å². The molecule has 3 nitrogen and oxygen atoms in total. The van der Waals surface area contributed by atoms with Crippen molar-refractivity contribution >= 4 is 5.97 Å². The number of aliphatic carboxylic acids is 1. The summed E-state index contributed by atoms with van der Waals surface area (Å²) in [5.74, 6) is -0.841. The molecule has 0 saturated heterocycles. The molecule has 102 valence electrons. The molecule has 0 aliphatic heterocycles. The lowest BCUT2D eigenvalue weighted by Crippen LogP contribution is -2.32. The average molecular weight is 252 g/mol. The first kappa shape index (κ1) is 16.6. The van der Waals surface area contributed by atoms with Gasteiger partial charge in [-0.3, -0.25) is 4.79 Å². The lowest BCUT2D eigenvalue weighted by atomic mass is 9.78. The topological polar surface area (TPSA) is 57.5 Å². The lowest BCUT2D eigenvalue weighted by molar-refractivity contribution is -0.143. The highest BCUT2D eigenvalue weighted by atomic mass is 16.4. The molecule has 0 radical (unpaired) electrons. The largest absolute Gasteiger partial charge is 0.481 e. The maximum absolute atomic E-state index is 11.4. The molecular weight excluding hydrogens is 228 g/mol. The highest BCUT2D eigenvalue weighted by Gasteiger charge is 2.34. The highest BCUT2D eigenvalue weighted by molar-refractivity contribution is 5.80. The third kappa shape index (κ3) is 4.15. The molecule has 1 rings (SSSR count). The molecular formula is C15H24O3. The smallest absolute Gasteiger partial charge is 0.313 e. The first-order valence-electron chi connectivity index (χ1n) is 6.42. The van der Waals surface area contributed by atoms with Gasteiger partial charge in [0.05, 0.1) is 5.41 Å². The SMILES string of the molecule is CC.Cc1cccc(C(C)(CCCO)C(=O)O)c1. The van der Waals surface area contributed by atoms with E-state index in [1.807, 2.05) is 45.0 Å². The minimum absolute atomic E-state index is 0.0225. The van der Waals surface area contributed by atoms with Gasteiger partial charge in [0.25, 0.3) is 0 Å². The number of rotatable bonds is 5. The second kappa shape index (κ2) is 7.88. The summed E-state index contributed by atoms with van der Waals surface area (Å²) in [5, 5.41) is 18.1. The van der Waals surface area contributed by atoms with Gasteiger partial charge in [-0.15, -0.1) is 0 Å². The molecule has 1 atom stereocenters. The van der Waals surface area contributed by atoms with Crippen LogP contribution in [0.1, 0.15) is 44.7 Å². The summed E-state index contributed by atoms with van der Waals surface area (Å²) in [7, 11) is 0. The molecule has 1 aromatic rings. The number of aryl methyl sites for hydroxylation is 1. The zero-order valence-corrected chi connectivity index (χ0v) is 11.7. The minimum atomic E-state index is -0.908. The Labute approximate surface area is 109 Å². The Morgan fingerprint density at radius 3 is 2.39 bits per heavy atom. The normalized spacial score (nSPS) is 13.2. The third-order valence-corrected chi connectivity index (χ3v) is 2.96. The fraction of sp³-hybridized carbons (Fsp3) is 0.533. The maximum atomic E-state index is 11.4. The molecule has 0 aliphatic carbocycles. The molecule has 0 spiro atoms. The van der Waals surface area contributed by atoms with Gasteiger partial charge in [0.15, 0.2) is 0 Å². The molecule has 18 heavy (non-hydrogen) atoms.